The maximum atomic E-state index is 5.69. The highest BCUT2D eigenvalue weighted by Crippen LogP contribution is 2.31. The molecule has 0 saturated carbocycles. The topological polar surface area (TPSA) is 0 Å². The van der Waals surface area contributed by atoms with Crippen molar-refractivity contribution in [3.05, 3.63) is 57.0 Å². The van der Waals surface area contributed by atoms with E-state index in [1.165, 1.54) is 0 Å². The minimum absolute atomic E-state index is 0.955. The summed E-state index contributed by atoms with van der Waals surface area (Å²) >= 11 is 6.99. The van der Waals surface area contributed by atoms with Crippen molar-refractivity contribution >= 4 is 53.4 Å². The molecule has 0 fully saturated rings. The third-order valence-electron chi connectivity index (χ3n) is 3.02. The van der Waals surface area contributed by atoms with Gasteiger partial charge in [-0.25, -0.2) is 0 Å². The Hall–Kier alpha value is -1.30. The second-order valence-electron chi connectivity index (χ2n) is 4.13. The predicted molar refractivity (Wildman–Crippen MR) is 84.8 cm³/mol. The van der Waals surface area contributed by atoms with Gasteiger partial charge in [0.2, 0.25) is 0 Å². The van der Waals surface area contributed by atoms with Crippen LogP contribution in [0.1, 0.15) is 5.56 Å². The summed E-state index contributed by atoms with van der Waals surface area (Å²) in [7, 11) is 0. The van der Waals surface area contributed by atoms with Crippen molar-refractivity contribution in [3.8, 4) is 12.3 Å². The molecule has 0 radical (unpaired) electrons. The summed E-state index contributed by atoms with van der Waals surface area (Å²) in [6, 6.07) is 14.5. The Kier molecular flexibility index (Phi) is 2.89. The van der Waals surface area contributed by atoms with Gasteiger partial charge in [0.25, 0.3) is 0 Å². The normalized spacial score (nSPS) is 10.7. The molecule has 0 unspecified atom stereocenters. The zero-order chi connectivity index (χ0) is 12.7. The molecule has 0 N–H and O–H groups in total. The molecule has 0 saturated heterocycles. The Morgan fingerprint density at radius 3 is 2.28 bits per heavy atom. The van der Waals surface area contributed by atoms with Gasteiger partial charge in [-0.1, -0.05) is 49.9 Å². The Morgan fingerprint density at radius 2 is 1.50 bits per heavy atom. The van der Waals surface area contributed by atoms with Gasteiger partial charge in [-0.05, 0) is 51.9 Å². The molecule has 0 heterocycles. The lowest BCUT2D eigenvalue weighted by molar-refractivity contribution is 1.68. The van der Waals surface area contributed by atoms with E-state index in [2.05, 4.69) is 68.1 Å². The molecule has 0 bridgehead atoms. The van der Waals surface area contributed by atoms with E-state index >= 15 is 0 Å². The van der Waals surface area contributed by atoms with Crippen LogP contribution in [0.2, 0.25) is 0 Å². The summed E-state index contributed by atoms with van der Waals surface area (Å²) in [4.78, 5) is 0. The molecule has 0 nitrogen and oxygen atoms in total. The van der Waals surface area contributed by atoms with Gasteiger partial charge < -0.3 is 0 Å². The largest absolute Gasteiger partial charge is 0.115 e. The molecule has 3 aromatic carbocycles. The molecule has 0 aliphatic heterocycles. The Labute approximate surface area is 122 Å². The zero-order valence-electron chi connectivity index (χ0n) is 9.37. The molecular formula is C16H8Br2. The maximum Gasteiger partial charge on any atom is 0.0399 e. The smallest absolute Gasteiger partial charge is 0.0399 e. The van der Waals surface area contributed by atoms with Gasteiger partial charge in [0, 0.05) is 14.5 Å². The summed E-state index contributed by atoms with van der Waals surface area (Å²) in [5.41, 5.74) is 0.955. The minimum atomic E-state index is 0.955. The SMILES string of the molecule is C#Cc1c2ccc(Br)cc2cc2ccc(Br)cc12. The lowest BCUT2D eigenvalue weighted by Crippen LogP contribution is -1.84. The van der Waals surface area contributed by atoms with Gasteiger partial charge in [0.1, 0.15) is 0 Å². The van der Waals surface area contributed by atoms with Crippen molar-refractivity contribution in [1.82, 2.24) is 0 Å². The average molecular weight is 360 g/mol. The van der Waals surface area contributed by atoms with Crippen LogP contribution < -0.4 is 0 Å². The van der Waals surface area contributed by atoms with Crippen LogP contribution in [0.15, 0.2) is 51.4 Å². The van der Waals surface area contributed by atoms with E-state index < -0.39 is 0 Å². The minimum Gasteiger partial charge on any atom is -0.115 e. The van der Waals surface area contributed by atoms with Crippen molar-refractivity contribution in [1.29, 1.82) is 0 Å². The summed E-state index contributed by atoms with van der Waals surface area (Å²) in [6.45, 7) is 0. The van der Waals surface area contributed by atoms with Crippen LogP contribution in [0, 0.1) is 12.3 Å². The molecule has 0 amide bonds. The molecule has 3 aromatic rings. The number of fused-ring (bicyclic) bond motifs is 2. The van der Waals surface area contributed by atoms with Crippen molar-refractivity contribution in [3.63, 3.8) is 0 Å². The second kappa shape index (κ2) is 4.42. The number of hydrogen-bond acceptors (Lipinski definition) is 0. The maximum absolute atomic E-state index is 5.69. The van der Waals surface area contributed by atoms with Gasteiger partial charge in [0.15, 0.2) is 0 Å². The lowest BCUT2D eigenvalue weighted by Gasteiger charge is -2.07. The third-order valence-corrected chi connectivity index (χ3v) is 4.01. The standard InChI is InChI=1S/C16H8Br2/c1-2-14-15-6-5-12(17)8-11(15)7-10-3-4-13(18)9-16(10)14/h1,3-9H. The van der Waals surface area contributed by atoms with Gasteiger partial charge in [0.05, 0.1) is 0 Å². The monoisotopic (exact) mass is 358 g/mol. The van der Waals surface area contributed by atoms with Crippen molar-refractivity contribution < 1.29 is 0 Å². The number of hydrogen-bond donors (Lipinski definition) is 0. The highest BCUT2D eigenvalue weighted by molar-refractivity contribution is 9.10. The quantitative estimate of drug-likeness (QED) is 0.367. The highest BCUT2D eigenvalue weighted by atomic mass is 79.9. The fraction of sp³-hybridized carbons (Fsp3) is 0. The summed E-state index contributed by atoms with van der Waals surface area (Å²) in [5.74, 6) is 2.82. The first-order valence-corrected chi connectivity index (χ1v) is 7.06. The Bertz CT molecular complexity index is 811. The van der Waals surface area contributed by atoms with E-state index in [1.807, 2.05) is 12.1 Å². The van der Waals surface area contributed by atoms with Gasteiger partial charge in [-0.3, -0.25) is 0 Å². The van der Waals surface area contributed by atoms with E-state index in [9.17, 15) is 0 Å². The predicted octanol–water partition coefficient (Wildman–Crippen LogP) is 5.50. The van der Waals surface area contributed by atoms with Crippen LogP contribution in [-0.4, -0.2) is 0 Å². The number of rotatable bonds is 0. The van der Waals surface area contributed by atoms with Crippen LogP contribution in [-0.2, 0) is 0 Å². The average Bonchev–Trinajstić information content (AvgIpc) is 2.36. The van der Waals surface area contributed by atoms with E-state index in [1.54, 1.807) is 0 Å². The molecule has 0 atom stereocenters. The van der Waals surface area contributed by atoms with Gasteiger partial charge in [-0.2, -0.15) is 0 Å². The molecule has 0 aliphatic rings. The first-order valence-electron chi connectivity index (χ1n) is 5.47. The molecule has 0 spiro atoms. The third kappa shape index (κ3) is 1.84. The van der Waals surface area contributed by atoms with E-state index in [4.69, 9.17) is 6.42 Å². The van der Waals surface area contributed by atoms with Crippen LogP contribution in [0.3, 0.4) is 0 Å². The molecule has 18 heavy (non-hydrogen) atoms. The highest BCUT2D eigenvalue weighted by Gasteiger charge is 2.06. The Morgan fingerprint density at radius 1 is 0.778 bits per heavy atom. The zero-order valence-corrected chi connectivity index (χ0v) is 12.5. The Balaban J connectivity index is 2.57. The fourth-order valence-corrected chi connectivity index (χ4v) is 2.96. The summed E-state index contributed by atoms with van der Waals surface area (Å²) in [5, 5.41) is 4.55. The van der Waals surface area contributed by atoms with E-state index in [-0.39, 0.29) is 0 Å². The molecule has 2 heteroatoms. The number of benzene rings is 3. The van der Waals surface area contributed by atoms with Crippen LogP contribution in [0.4, 0.5) is 0 Å². The van der Waals surface area contributed by atoms with Gasteiger partial charge >= 0.3 is 0 Å². The van der Waals surface area contributed by atoms with Crippen molar-refractivity contribution in [2.45, 2.75) is 0 Å². The molecule has 3 rings (SSSR count). The lowest BCUT2D eigenvalue weighted by atomic mass is 9.97. The van der Waals surface area contributed by atoms with Crippen LogP contribution in [0.25, 0.3) is 21.5 Å². The summed E-state index contributed by atoms with van der Waals surface area (Å²) in [6.07, 6.45) is 5.69. The van der Waals surface area contributed by atoms with Gasteiger partial charge in [-0.15, -0.1) is 6.42 Å². The summed E-state index contributed by atoms with van der Waals surface area (Å²) < 4.78 is 2.11. The van der Waals surface area contributed by atoms with Crippen LogP contribution >= 0.6 is 31.9 Å². The fourth-order valence-electron chi connectivity index (χ4n) is 2.22. The molecule has 86 valence electrons. The van der Waals surface area contributed by atoms with E-state index in [0.717, 1.165) is 36.1 Å². The molecular weight excluding hydrogens is 352 g/mol. The molecule has 0 aliphatic carbocycles. The number of terminal acetylenes is 1. The number of halogens is 2. The second-order valence-corrected chi connectivity index (χ2v) is 5.96. The first kappa shape index (κ1) is 11.8. The van der Waals surface area contributed by atoms with Crippen LogP contribution in [0.5, 0.6) is 0 Å². The van der Waals surface area contributed by atoms with Crippen molar-refractivity contribution in [2.75, 3.05) is 0 Å². The van der Waals surface area contributed by atoms with E-state index in [0.29, 0.717) is 0 Å². The first-order chi connectivity index (χ1) is 8.69. The van der Waals surface area contributed by atoms with Crippen molar-refractivity contribution in [2.24, 2.45) is 0 Å². The molecule has 0 aromatic heterocycles.